The van der Waals surface area contributed by atoms with Gasteiger partial charge >= 0.3 is 6.09 Å². The topological polar surface area (TPSA) is 97.0 Å². The average molecular weight is 530 g/mol. The second-order valence-corrected chi connectivity index (χ2v) is 10.1. The van der Waals surface area contributed by atoms with Gasteiger partial charge in [-0.1, -0.05) is 55.8 Å². The number of rotatable bonds is 10. The van der Waals surface area contributed by atoms with Crippen LogP contribution in [0.15, 0.2) is 72.8 Å². The number of ether oxygens (including phenoxy) is 2. The van der Waals surface area contributed by atoms with Crippen molar-refractivity contribution in [3.8, 4) is 5.75 Å². The Kier molecular flexibility index (Phi) is 8.86. The van der Waals surface area contributed by atoms with Gasteiger partial charge in [-0.2, -0.15) is 0 Å². The molecule has 204 valence electrons. The van der Waals surface area contributed by atoms with Crippen LogP contribution in [-0.2, 0) is 16.1 Å². The molecule has 39 heavy (non-hydrogen) atoms. The summed E-state index contributed by atoms with van der Waals surface area (Å²) in [5, 5.41) is 5.87. The second-order valence-electron chi connectivity index (χ2n) is 10.1. The highest BCUT2D eigenvalue weighted by molar-refractivity contribution is 6.04. The molecule has 1 aliphatic rings. The Hall–Kier alpha value is -4.33. The number of nitrogens with one attached hydrogen (secondary N) is 2. The SMILES string of the molecule is COc1ccc(C(=O)Nc2cccc(C3OC(=O)N(Cc4ccc(C)cc4)C3C(=O)NCCC(C)C)c2)cc1. The van der Waals surface area contributed by atoms with Crippen LogP contribution in [0.5, 0.6) is 5.75 Å². The minimum absolute atomic E-state index is 0.242. The Bertz CT molecular complexity index is 1300. The Morgan fingerprint density at radius 2 is 1.74 bits per heavy atom. The highest BCUT2D eigenvalue weighted by atomic mass is 16.6. The smallest absolute Gasteiger partial charge is 0.411 e. The second kappa shape index (κ2) is 12.5. The van der Waals surface area contributed by atoms with Crippen molar-refractivity contribution in [2.45, 2.75) is 45.9 Å². The number of benzene rings is 3. The number of methoxy groups -OCH3 is 1. The van der Waals surface area contributed by atoms with Crippen LogP contribution in [0.25, 0.3) is 0 Å². The third-order valence-corrected chi connectivity index (χ3v) is 6.67. The van der Waals surface area contributed by atoms with Crippen molar-refractivity contribution in [2.24, 2.45) is 5.92 Å². The fraction of sp³-hybridized carbons (Fsp3) is 0.323. The Morgan fingerprint density at radius 1 is 1.03 bits per heavy atom. The van der Waals surface area contributed by atoms with Crippen molar-refractivity contribution >= 4 is 23.6 Å². The molecule has 3 aromatic rings. The van der Waals surface area contributed by atoms with Crippen molar-refractivity contribution in [3.63, 3.8) is 0 Å². The minimum Gasteiger partial charge on any atom is -0.497 e. The van der Waals surface area contributed by atoms with Crippen molar-refractivity contribution in [1.82, 2.24) is 10.2 Å². The van der Waals surface area contributed by atoms with Crippen molar-refractivity contribution in [2.75, 3.05) is 19.0 Å². The van der Waals surface area contributed by atoms with Gasteiger partial charge in [0.1, 0.15) is 5.75 Å². The maximum atomic E-state index is 13.4. The summed E-state index contributed by atoms with van der Waals surface area (Å²) in [6.07, 6.45) is -0.569. The fourth-order valence-corrected chi connectivity index (χ4v) is 4.43. The summed E-state index contributed by atoms with van der Waals surface area (Å²) in [6, 6.07) is 20.8. The number of aryl methyl sites for hydroxylation is 1. The van der Waals surface area contributed by atoms with E-state index in [2.05, 4.69) is 24.5 Å². The van der Waals surface area contributed by atoms with E-state index in [1.54, 1.807) is 55.6 Å². The monoisotopic (exact) mass is 529 g/mol. The maximum absolute atomic E-state index is 13.4. The Labute approximate surface area is 229 Å². The molecule has 1 fully saturated rings. The summed E-state index contributed by atoms with van der Waals surface area (Å²) in [5.41, 5.74) is 3.63. The van der Waals surface area contributed by atoms with E-state index in [0.717, 1.165) is 17.5 Å². The third kappa shape index (κ3) is 6.96. The van der Waals surface area contributed by atoms with Gasteiger partial charge in [0.05, 0.1) is 13.7 Å². The highest BCUT2D eigenvalue weighted by Gasteiger charge is 2.47. The van der Waals surface area contributed by atoms with Crippen LogP contribution >= 0.6 is 0 Å². The van der Waals surface area contributed by atoms with Crippen LogP contribution in [0.4, 0.5) is 10.5 Å². The lowest BCUT2D eigenvalue weighted by Gasteiger charge is -2.24. The molecule has 3 amide bonds. The molecule has 0 saturated carbocycles. The number of hydrogen-bond donors (Lipinski definition) is 2. The lowest BCUT2D eigenvalue weighted by Crippen LogP contribution is -2.46. The van der Waals surface area contributed by atoms with E-state index in [0.29, 0.717) is 35.0 Å². The summed E-state index contributed by atoms with van der Waals surface area (Å²) in [5.74, 6) is 0.523. The standard InChI is InChI=1S/C31H35N3O5/c1-20(2)16-17-32-30(36)27-28(39-31(37)34(27)19-22-10-8-21(3)9-11-22)24-6-5-7-25(18-24)33-29(35)23-12-14-26(38-4)15-13-23/h5-15,18,20,27-28H,16-17,19H2,1-4H3,(H,32,36)(H,33,35). The molecule has 0 bridgehead atoms. The highest BCUT2D eigenvalue weighted by Crippen LogP contribution is 2.35. The van der Waals surface area contributed by atoms with E-state index in [-0.39, 0.29) is 18.4 Å². The number of nitrogens with zero attached hydrogens (tertiary/aromatic N) is 1. The van der Waals surface area contributed by atoms with Gasteiger partial charge in [-0.3, -0.25) is 14.5 Å². The van der Waals surface area contributed by atoms with Gasteiger partial charge in [0, 0.05) is 17.8 Å². The van der Waals surface area contributed by atoms with Gasteiger partial charge in [0.2, 0.25) is 5.91 Å². The third-order valence-electron chi connectivity index (χ3n) is 6.67. The first-order valence-electron chi connectivity index (χ1n) is 13.1. The zero-order valence-electron chi connectivity index (χ0n) is 22.8. The van der Waals surface area contributed by atoms with Gasteiger partial charge in [-0.05, 0) is 66.8 Å². The molecular formula is C31H35N3O5. The largest absolute Gasteiger partial charge is 0.497 e. The molecule has 2 N–H and O–H groups in total. The molecule has 2 unspecified atom stereocenters. The first-order valence-corrected chi connectivity index (χ1v) is 13.1. The van der Waals surface area contributed by atoms with Gasteiger partial charge in [-0.15, -0.1) is 0 Å². The number of cyclic esters (lactones) is 1. The predicted octanol–water partition coefficient (Wildman–Crippen LogP) is 5.48. The Balaban J connectivity index is 1.57. The number of carbonyl (C=O) groups is 3. The molecule has 0 spiro atoms. The van der Waals surface area contributed by atoms with E-state index in [1.165, 1.54) is 4.90 Å². The molecule has 1 aliphatic heterocycles. The van der Waals surface area contributed by atoms with Gasteiger partial charge in [0.25, 0.3) is 5.91 Å². The molecule has 0 aliphatic carbocycles. The quantitative estimate of drug-likeness (QED) is 0.363. The molecule has 4 rings (SSSR count). The molecule has 8 nitrogen and oxygen atoms in total. The van der Waals surface area contributed by atoms with Gasteiger partial charge in [0.15, 0.2) is 12.1 Å². The Morgan fingerprint density at radius 3 is 2.41 bits per heavy atom. The number of hydrogen-bond acceptors (Lipinski definition) is 5. The first kappa shape index (κ1) is 27.7. The average Bonchev–Trinajstić information content (AvgIpc) is 3.25. The van der Waals surface area contributed by atoms with Gasteiger partial charge < -0.3 is 20.1 Å². The number of anilines is 1. The minimum atomic E-state index is -0.862. The van der Waals surface area contributed by atoms with Crippen molar-refractivity contribution in [3.05, 3.63) is 95.1 Å². The van der Waals surface area contributed by atoms with Gasteiger partial charge in [-0.25, -0.2) is 4.79 Å². The number of amides is 3. The molecular weight excluding hydrogens is 494 g/mol. The number of carbonyl (C=O) groups excluding carboxylic acids is 3. The summed E-state index contributed by atoms with van der Waals surface area (Å²) in [6.45, 7) is 6.92. The van der Waals surface area contributed by atoms with Crippen LogP contribution in [0, 0.1) is 12.8 Å². The normalized spacial score (nSPS) is 16.6. The predicted molar refractivity (Wildman–Crippen MR) is 150 cm³/mol. The molecule has 3 aromatic carbocycles. The molecule has 1 heterocycles. The molecule has 1 saturated heterocycles. The van der Waals surface area contributed by atoms with Crippen LogP contribution in [0.1, 0.15) is 53.4 Å². The molecule has 2 atom stereocenters. The van der Waals surface area contributed by atoms with E-state index < -0.39 is 18.2 Å². The molecule has 0 radical (unpaired) electrons. The summed E-state index contributed by atoms with van der Waals surface area (Å²) < 4.78 is 10.9. The maximum Gasteiger partial charge on any atom is 0.411 e. The zero-order valence-corrected chi connectivity index (χ0v) is 22.8. The van der Waals surface area contributed by atoms with Crippen LogP contribution < -0.4 is 15.4 Å². The van der Waals surface area contributed by atoms with Crippen molar-refractivity contribution in [1.29, 1.82) is 0 Å². The van der Waals surface area contributed by atoms with Crippen LogP contribution in [0.3, 0.4) is 0 Å². The van der Waals surface area contributed by atoms with E-state index >= 15 is 0 Å². The van der Waals surface area contributed by atoms with Crippen LogP contribution in [-0.4, -0.2) is 42.5 Å². The lowest BCUT2D eigenvalue weighted by molar-refractivity contribution is -0.126. The molecule has 8 heteroatoms. The van der Waals surface area contributed by atoms with E-state index in [9.17, 15) is 14.4 Å². The van der Waals surface area contributed by atoms with Crippen LogP contribution in [0.2, 0.25) is 0 Å². The van der Waals surface area contributed by atoms with E-state index in [4.69, 9.17) is 9.47 Å². The lowest BCUT2D eigenvalue weighted by atomic mass is 9.99. The summed E-state index contributed by atoms with van der Waals surface area (Å²) in [7, 11) is 1.57. The zero-order chi connectivity index (χ0) is 27.9. The summed E-state index contributed by atoms with van der Waals surface area (Å²) >= 11 is 0. The van der Waals surface area contributed by atoms with E-state index in [1.807, 2.05) is 31.2 Å². The molecule has 0 aromatic heterocycles. The first-order chi connectivity index (χ1) is 18.7. The fourth-order valence-electron chi connectivity index (χ4n) is 4.43. The van der Waals surface area contributed by atoms with Crippen molar-refractivity contribution < 1.29 is 23.9 Å². The summed E-state index contributed by atoms with van der Waals surface area (Å²) in [4.78, 5) is 40.8.